The van der Waals surface area contributed by atoms with Crippen LogP contribution in [0.25, 0.3) is 5.69 Å². The van der Waals surface area contributed by atoms with Crippen LogP contribution in [0.15, 0.2) is 42.6 Å². The van der Waals surface area contributed by atoms with Gasteiger partial charge in [-0.25, -0.2) is 4.68 Å². The average Bonchev–Trinajstić information content (AvgIpc) is 3.17. The van der Waals surface area contributed by atoms with Crippen LogP contribution in [0.2, 0.25) is 0 Å². The minimum atomic E-state index is 0.321. The molecule has 158 valence electrons. The normalized spacial score (nSPS) is 15.8. The number of ether oxygens (including phenoxy) is 2. The van der Waals surface area contributed by atoms with Gasteiger partial charge in [-0.15, -0.1) is 0 Å². The first-order valence-corrected chi connectivity index (χ1v) is 10.6. The second-order valence-electron chi connectivity index (χ2n) is 8.21. The summed E-state index contributed by atoms with van der Waals surface area (Å²) in [6.07, 6.45) is 5.42. The molecule has 0 radical (unpaired) electrons. The van der Waals surface area contributed by atoms with Crippen molar-refractivity contribution < 1.29 is 9.47 Å². The zero-order chi connectivity index (χ0) is 21.1. The zero-order valence-corrected chi connectivity index (χ0v) is 18.4. The number of fused-ring (bicyclic) bond motifs is 1. The molecule has 5 heteroatoms. The van der Waals surface area contributed by atoms with Gasteiger partial charge >= 0.3 is 0 Å². The Morgan fingerprint density at radius 3 is 2.63 bits per heavy atom. The third-order valence-electron chi connectivity index (χ3n) is 5.83. The maximum atomic E-state index is 5.44. The molecule has 1 atom stereocenters. The van der Waals surface area contributed by atoms with Crippen molar-refractivity contribution in [3.63, 3.8) is 0 Å². The molecule has 0 amide bonds. The lowest BCUT2D eigenvalue weighted by Crippen LogP contribution is -2.25. The van der Waals surface area contributed by atoms with E-state index in [4.69, 9.17) is 14.6 Å². The molecule has 3 aromatic rings. The summed E-state index contributed by atoms with van der Waals surface area (Å²) in [6.45, 7) is 5.64. The van der Waals surface area contributed by atoms with Crippen molar-refractivity contribution in [2.45, 2.75) is 52.3 Å². The minimum absolute atomic E-state index is 0.321. The molecule has 2 aromatic carbocycles. The van der Waals surface area contributed by atoms with Gasteiger partial charge in [-0.05, 0) is 74.1 Å². The summed E-state index contributed by atoms with van der Waals surface area (Å²) >= 11 is 0. The Labute approximate surface area is 179 Å². The highest BCUT2D eigenvalue weighted by atomic mass is 16.5. The van der Waals surface area contributed by atoms with Crippen molar-refractivity contribution in [2.75, 3.05) is 14.2 Å². The van der Waals surface area contributed by atoms with E-state index < -0.39 is 0 Å². The van der Waals surface area contributed by atoms with Crippen LogP contribution in [0.1, 0.15) is 52.4 Å². The lowest BCUT2D eigenvalue weighted by atomic mass is 9.92. The number of rotatable bonds is 7. The monoisotopic (exact) mass is 405 g/mol. The van der Waals surface area contributed by atoms with E-state index in [1.807, 2.05) is 12.3 Å². The van der Waals surface area contributed by atoms with Crippen molar-refractivity contribution >= 4 is 0 Å². The number of hydrogen-bond acceptors (Lipinski definition) is 4. The number of nitrogens with one attached hydrogen (secondary N) is 1. The maximum absolute atomic E-state index is 5.44. The summed E-state index contributed by atoms with van der Waals surface area (Å²) in [4.78, 5) is 0. The Bertz CT molecular complexity index is 1000. The molecule has 0 fully saturated rings. The quantitative estimate of drug-likeness (QED) is 0.613. The molecule has 1 heterocycles. The molecule has 0 saturated heterocycles. The van der Waals surface area contributed by atoms with Crippen LogP contribution >= 0.6 is 0 Å². The van der Waals surface area contributed by atoms with E-state index in [1.165, 1.54) is 34.4 Å². The molecule has 30 heavy (non-hydrogen) atoms. The predicted molar refractivity (Wildman–Crippen MR) is 119 cm³/mol. The van der Waals surface area contributed by atoms with E-state index >= 15 is 0 Å². The smallest absolute Gasteiger partial charge is 0.124 e. The van der Waals surface area contributed by atoms with Crippen LogP contribution in [0.3, 0.4) is 0 Å². The van der Waals surface area contributed by atoms with Gasteiger partial charge in [0.15, 0.2) is 0 Å². The molecule has 1 unspecified atom stereocenters. The number of nitrogens with zero attached hydrogens (tertiary/aromatic N) is 2. The Hall–Kier alpha value is -2.63. The van der Waals surface area contributed by atoms with Crippen molar-refractivity contribution in [3.05, 3.63) is 76.1 Å². The number of hydrogen-bond donors (Lipinski definition) is 1. The van der Waals surface area contributed by atoms with E-state index in [0.29, 0.717) is 12.6 Å². The Morgan fingerprint density at radius 1 is 1.10 bits per heavy atom. The SMILES string of the molecule is COCc1cc(CNC2CCCc3c2cnn3-c2cc(C)cc(C)c2)ccc1OC. The molecule has 0 aliphatic heterocycles. The molecule has 1 aromatic heterocycles. The third kappa shape index (κ3) is 4.27. The molecular weight excluding hydrogens is 374 g/mol. The molecule has 1 N–H and O–H groups in total. The second kappa shape index (κ2) is 9.02. The minimum Gasteiger partial charge on any atom is -0.496 e. The molecule has 0 saturated carbocycles. The molecule has 5 nitrogen and oxygen atoms in total. The fourth-order valence-electron chi connectivity index (χ4n) is 4.52. The van der Waals surface area contributed by atoms with Gasteiger partial charge in [-0.3, -0.25) is 0 Å². The van der Waals surface area contributed by atoms with Gasteiger partial charge in [0.2, 0.25) is 0 Å². The van der Waals surface area contributed by atoms with Crippen LogP contribution in [0.4, 0.5) is 0 Å². The van der Waals surface area contributed by atoms with Crippen LogP contribution in [0, 0.1) is 13.8 Å². The fourth-order valence-corrected chi connectivity index (χ4v) is 4.52. The molecule has 1 aliphatic carbocycles. The van der Waals surface area contributed by atoms with E-state index in [1.54, 1.807) is 14.2 Å². The topological polar surface area (TPSA) is 48.3 Å². The highest BCUT2D eigenvalue weighted by molar-refractivity contribution is 5.42. The van der Waals surface area contributed by atoms with Crippen LogP contribution in [0.5, 0.6) is 5.75 Å². The standard InChI is InChI=1S/C25H31N3O2/c1-17-10-18(2)12-21(11-17)28-24-7-5-6-23(22(24)15-27-28)26-14-19-8-9-25(30-4)20(13-19)16-29-3/h8-13,15,23,26H,5-7,14,16H2,1-4H3. The maximum Gasteiger partial charge on any atom is 0.124 e. The van der Waals surface area contributed by atoms with E-state index in [2.05, 4.69) is 54.2 Å². The first-order chi connectivity index (χ1) is 14.6. The molecule has 0 bridgehead atoms. The van der Waals surface area contributed by atoms with Crippen molar-refractivity contribution in [3.8, 4) is 11.4 Å². The molecule has 4 rings (SSSR count). The summed E-state index contributed by atoms with van der Waals surface area (Å²) in [6, 6.07) is 13.3. The van der Waals surface area contributed by atoms with Gasteiger partial charge in [-0.1, -0.05) is 12.1 Å². The number of methoxy groups -OCH3 is 2. The van der Waals surface area contributed by atoms with Gasteiger partial charge in [0.25, 0.3) is 0 Å². The number of benzene rings is 2. The highest BCUT2D eigenvalue weighted by Crippen LogP contribution is 2.32. The average molecular weight is 406 g/mol. The molecule has 1 aliphatic rings. The lowest BCUT2D eigenvalue weighted by molar-refractivity contribution is 0.181. The Balaban J connectivity index is 1.53. The van der Waals surface area contributed by atoms with Crippen molar-refractivity contribution in [1.29, 1.82) is 0 Å². The van der Waals surface area contributed by atoms with Gasteiger partial charge in [0.1, 0.15) is 5.75 Å². The summed E-state index contributed by atoms with van der Waals surface area (Å²) in [5, 5.41) is 8.51. The highest BCUT2D eigenvalue weighted by Gasteiger charge is 2.24. The van der Waals surface area contributed by atoms with Gasteiger partial charge < -0.3 is 14.8 Å². The first kappa shape index (κ1) is 20.6. The summed E-state index contributed by atoms with van der Waals surface area (Å²) in [5.41, 5.74) is 8.67. The van der Waals surface area contributed by atoms with E-state index in [0.717, 1.165) is 36.4 Å². The summed E-state index contributed by atoms with van der Waals surface area (Å²) in [5.74, 6) is 0.871. The van der Waals surface area contributed by atoms with Gasteiger partial charge in [0, 0.05) is 36.5 Å². The van der Waals surface area contributed by atoms with Crippen LogP contribution in [-0.2, 0) is 24.3 Å². The Morgan fingerprint density at radius 2 is 1.90 bits per heavy atom. The van der Waals surface area contributed by atoms with Gasteiger partial charge in [-0.2, -0.15) is 5.10 Å². The number of aromatic nitrogens is 2. The summed E-state index contributed by atoms with van der Waals surface area (Å²) < 4.78 is 12.9. The van der Waals surface area contributed by atoms with Gasteiger partial charge in [0.05, 0.1) is 25.6 Å². The van der Waals surface area contributed by atoms with E-state index in [9.17, 15) is 0 Å². The van der Waals surface area contributed by atoms with Crippen LogP contribution < -0.4 is 10.1 Å². The lowest BCUT2D eigenvalue weighted by Gasteiger charge is -2.25. The first-order valence-electron chi connectivity index (χ1n) is 10.6. The second-order valence-corrected chi connectivity index (χ2v) is 8.21. The Kier molecular flexibility index (Phi) is 6.21. The largest absolute Gasteiger partial charge is 0.496 e. The third-order valence-corrected chi connectivity index (χ3v) is 5.83. The molecular formula is C25H31N3O2. The molecule has 0 spiro atoms. The fraction of sp³-hybridized carbons (Fsp3) is 0.400. The van der Waals surface area contributed by atoms with E-state index in [-0.39, 0.29) is 0 Å². The summed E-state index contributed by atoms with van der Waals surface area (Å²) in [7, 11) is 3.41. The number of aryl methyl sites for hydroxylation is 2. The van der Waals surface area contributed by atoms with Crippen molar-refractivity contribution in [2.24, 2.45) is 0 Å². The van der Waals surface area contributed by atoms with Crippen LogP contribution in [-0.4, -0.2) is 24.0 Å². The predicted octanol–water partition coefficient (Wildman–Crippen LogP) is 4.81. The van der Waals surface area contributed by atoms with Crippen molar-refractivity contribution in [1.82, 2.24) is 15.1 Å². The zero-order valence-electron chi connectivity index (χ0n) is 18.4.